The van der Waals surface area contributed by atoms with Crippen molar-refractivity contribution in [2.24, 2.45) is 0 Å². The summed E-state index contributed by atoms with van der Waals surface area (Å²) in [5, 5.41) is 4.27. The van der Waals surface area contributed by atoms with Gasteiger partial charge in [0.2, 0.25) is 0 Å². The molecule has 2 aromatic rings. The highest BCUT2D eigenvalue weighted by molar-refractivity contribution is 6.06. The van der Waals surface area contributed by atoms with E-state index in [1.54, 1.807) is 0 Å². The molecule has 144 valence electrons. The quantitative estimate of drug-likeness (QED) is 0.874. The van der Waals surface area contributed by atoms with Crippen molar-refractivity contribution < 1.29 is 4.79 Å². The van der Waals surface area contributed by atoms with Crippen molar-refractivity contribution in [3.8, 4) is 0 Å². The average molecular weight is 366 g/mol. The highest BCUT2D eigenvalue weighted by Crippen LogP contribution is 2.35. The van der Waals surface area contributed by atoms with Crippen LogP contribution < -0.4 is 5.32 Å². The monoisotopic (exact) mass is 365 g/mol. The van der Waals surface area contributed by atoms with Crippen molar-refractivity contribution in [2.75, 3.05) is 19.6 Å². The van der Waals surface area contributed by atoms with E-state index in [1.807, 2.05) is 19.1 Å². The highest BCUT2D eigenvalue weighted by atomic mass is 16.1. The number of rotatable bonds is 4. The summed E-state index contributed by atoms with van der Waals surface area (Å²) in [6, 6.07) is 8.08. The lowest BCUT2D eigenvalue weighted by atomic mass is 9.80. The van der Waals surface area contributed by atoms with E-state index in [2.05, 4.69) is 34.3 Å². The summed E-state index contributed by atoms with van der Waals surface area (Å²) >= 11 is 0. The summed E-state index contributed by atoms with van der Waals surface area (Å²) in [6.45, 7) is 7.16. The van der Waals surface area contributed by atoms with E-state index < -0.39 is 0 Å². The molecule has 1 aliphatic carbocycles. The molecule has 0 radical (unpaired) electrons. The average Bonchev–Trinajstić information content (AvgIpc) is 3.22. The van der Waals surface area contributed by atoms with Gasteiger partial charge in [-0.15, -0.1) is 0 Å². The van der Waals surface area contributed by atoms with Gasteiger partial charge in [-0.1, -0.05) is 30.9 Å². The maximum Gasteiger partial charge on any atom is 0.252 e. The van der Waals surface area contributed by atoms with Crippen LogP contribution in [0.1, 0.15) is 66.6 Å². The molecule has 0 spiro atoms. The lowest BCUT2D eigenvalue weighted by Gasteiger charge is -2.45. The molecule has 2 aliphatic rings. The fourth-order valence-electron chi connectivity index (χ4n) is 5.01. The molecule has 2 fully saturated rings. The summed E-state index contributed by atoms with van der Waals surface area (Å²) in [6.07, 6.45) is 8.90. The number of nitrogens with zero attached hydrogens (tertiary/aromatic N) is 2. The van der Waals surface area contributed by atoms with Crippen LogP contribution in [0.4, 0.5) is 0 Å². The van der Waals surface area contributed by atoms with Gasteiger partial charge in [0.1, 0.15) is 0 Å². The van der Waals surface area contributed by atoms with Crippen molar-refractivity contribution in [1.82, 2.24) is 15.2 Å². The molecule has 1 aromatic carbocycles. The first kappa shape index (κ1) is 18.4. The number of aromatic nitrogens is 1. The number of benzene rings is 1. The minimum Gasteiger partial charge on any atom is -0.350 e. The molecule has 4 rings (SSSR count). The van der Waals surface area contributed by atoms with Gasteiger partial charge in [-0.05, 0) is 70.8 Å². The van der Waals surface area contributed by atoms with Gasteiger partial charge >= 0.3 is 0 Å². The van der Waals surface area contributed by atoms with Gasteiger partial charge in [-0.3, -0.25) is 14.7 Å². The molecule has 1 aliphatic heterocycles. The fraction of sp³-hybridized carbons (Fsp3) is 0.565. The first-order chi connectivity index (χ1) is 13.1. The Bertz CT molecular complexity index is 833. The molecular formula is C23H31N3O. The van der Waals surface area contributed by atoms with Crippen molar-refractivity contribution >= 4 is 16.8 Å². The lowest BCUT2D eigenvalue weighted by molar-refractivity contribution is 0.0653. The second-order valence-electron chi connectivity index (χ2n) is 8.49. The number of hydrogen-bond donors (Lipinski definition) is 1. The molecule has 27 heavy (non-hydrogen) atoms. The van der Waals surface area contributed by atoms with E-state index in [0.717, 1.165) is 34.3 Å². The Hall–Kier alpha value is -1.94. The van der Waals surface area contributed by atoms with Crippen LogP contribution in [0.25, 0.3) is 10.9 Å². The largest absolute Gasteiger partial charge is 0.350 e. The normalized spacial score (nSPS) is 20.1. The molecule has 1 N–H and O–H groups in total. The van der Waals surface area contributed by atoms with Gasteiger partial charge in [0, 0.05) is 23.2 Å². The van der Waals surface area contributed by atoms with E-state index in [-0.39, 0.29) is 11.4 Å². The van der Waals surface area contributed by atoms with E-state index in [9.17, 15) is 4.79 Å². The van der Waals surface area contributed by atoms with E-state index in [1.165, 1.54) is 58.0 Å². The third-order valence-corrected chi connectivity index (χ3v) is 6.48. The lowest BCUT2D eigenvalue weighted by Crippen LogP contribution is -2.55. The summed E-state index contributed by atoms with van der Waals surface area (Å²) in [7, 11) is 0. The van der Waals surface area contributed by atoms with Gasteiger partial charge in [0.25, 0.3) is 5.91 Å². The third-order valence-electron chi connectivity index (χ3n) is 6.48. The van der Waals surface area contributed by atoms with Crippen molar-refractivity contribution in [3.05, 3.63) is 41.1 Å². The third kappa shape index (κ3) is 3.73. The second-order valence-corrected chi connectivity index (χ2v) is 8.49. The summed E-state index contributed by atoms with van der Waals surface area (Å²) in [4.78, 5) is 20.4. The Morgan fingerprint density at radius 1 is 1.07 bits per heavy atom. The molecule has 1 saturated heterocycles. The smallest absolute Gasteiger partial charge is 0.252 e. The minimum absolute atomic E-state index is 0.0419. The fourth-order valence-corrected chi connectivity index (χ4v) is 5.01. The number of carbonyl (C=O) groups is 1. The van der Waals surface area contributed by atoms with Crippen LogP contribution in [0.15, 0.2) is 24.3 Å². The zero-order chi connectivity index (χ0) is 18.9. The van der Waals surface area contributed by atoms with Crippen LogP contribution in [0.3, 0.4) is 0 Å². The summed E-state index contributed by atoms with van der Waals surface area (Å²) in [5.74, 6) is 0.0419. The topological polar surface area (TPSA) is 45.2 Å². The molecular weight excluding hydrogens is 334 g/mol. The Balaban J connectivity index is 1.58. The van der Waals surface area contributed by atoms with Crippen molar-refractivity contribution in [1.29, 1.82) is 0 Å². The number of fused-ring (bicyclic) bond motifs is 1. The van der Waals surface area contributed by atoms with Crippen LogP contribution >= 0.6 is 0 Å². The predicted octanol–water partition coefficient (Wildman–Crippen LogP) is 4.38. The van der Waals surface area contributed by atoms with E-state index in [4.69, 9.17) is 0 Å². The van der Waals surface area contributed by atoms with Crippen molar-refractivity contribution in [2.45, 2.75) is 64.3 Å². The molecule has 0 unspecified atom stereocenters. The van der Waals surface area contributed by atoms with Crippen LogP contribution in [0.2, 0.25) is 0 Å². The Morgan fingerprint density at radius 2 is 1.81 bits per heavy atom. The van der Waals surface area contributed by atoms with Gasteiger partial charge in [-0.25, -0.2) is 0 Å². The minimum atomic E-state index is 0.0419. The van der Waals surface area contributed by atoms with Crippen LogP contribution in [0.5, 0.6) is 0 Å². The number of pyridine rings is 1. The van der Waals surface area contributed by atoms with Crippen LogP contribution in [-0.4, -0.2) is 41.0 Å². The predicted molar refractivity (Wildman–Crippen MR) is 110 cm³/mol. The molecule has 1 aromatic heterocycles. The number of aryl methyl sites for hydroxylation is 2. The van der Waals surface area contributed by atoms with Gasteiger partial charge in [0.05, 0.1) is 11.1 Å². The molecule has 4 nitrogen and oxygen atoms in total. The number of amides is 1. The van der Waals surface area contributed by atoms with Gasteiger partial charge in [0.15, 0.2) is 0 Å². The first-order valence-corrected chi connectivity index (χ1v) is 10.5. The molecule has 0 atom stereocenters. The molecule has 1 saturated carbocycles. The van der Waals surface area contributed by atoms with Crippen LogP contribution in [0, 0.1) is 13.8 Å². The summed E-state index contributed by atoms with van der Waals surface area (Å²) < 4.78 is 0. The first-order valence-electron chi connectivity index (χ1n) is 10.5. The number of likely N-dealkylation sites (tertiary alicyclic amines) is 1. The maximum absolute atomic E-state index is 13.2. The second kappa shape index (κ2) is 7.59. The summed E-state index contributed by atoms with van der Waals surface area (Å²) in [5.41, 5.74) is 3.87. The van der Waals surface area contributed by atoms with Gasteiger partial charge < -0.3 is 5.32 Å². The van der Waals surface area contributed by atoms with E-state index in [0.29, 0.717) is 0 Å². The molecule has 2 heterocycles. The maximum atomic E-state index is 13.2. The van der Waals surface area contributed by atoms with Crippen molar-refractivity contribution in [3.63, 3.8) is 0 Å². The Kier molecular flexibility index (Phi) is 5.18. The zero-order valence-electron chi connectivity index (χ0n) is 16.7. The number of carbonyl (C=O) groups excluding carboxylic acids is 1. The zero-order valence-corrected chi connectivity index (χ0v) is 16.7. The Morgan fingerprint density at radius 3 is 2.56 bits per heavy atom. The number of hydrogen-bond acceptors (Lipinski definition) is 3. The highest BCUT2D eigenvalue weighted by Gasteiger charge is 2.39. The number of nitrogens with one attached hydrogen (secondary N) is 1. The van der Waals surface area contributed by atoms with E-state index >= 15 is 0 Å². The molecule has 4 heteroatoms. The molecule has 0 bridgehead atoms. The van der Waals surface area contributed by atoms with Gasteiger partial charge in [-0.2, -0.15) is 0 Å². The van der Waals surface area contributed by atoms with Crippen LogP contribution in [-0.2, 0) is 0 Å². The molecule has 1 amide bonds. The Labute approximate surface area is 162 Å². The standard InChI is InChI=1S/C23H31N3O/c1-17-8-9-21-19(14-17)20(15-18(2)25-21)22(27)24-16-23(10-4-3-5-11-23)26-12-6-7-13-26/h8-9,14-15H,3-7,10-13,16H2,1-2H3,(H,24,27). The SMILES string of the molecule is Cc1ccc2nc(C)cc(C(=O)NCC3(N4CCCC4)CCCCC3)c2c1.